The van der Waals surface area contributed by atoms with Crippen molar-refractivity contribution >= 4 is 16.9 Å². The van der Waals surface area contributed by atoms with Crippen LogP contribution in [0.25, 0.3) is 16.7 Å². The van der Waals surface area contributed by atoms with Crippen LogP contribution in [0.4, 0.5) is 5.95 Å². The number of nitrogens with zero attached hydrogens (tertiary/aromatic N) is 6. The molecule has 158 valence electrons. The molecule has 10 nitrogen and oxygen atoms in total. The van der Waals surface area contributed by atoms with E-state index in [9.17, 15) is 10.2 Å². The molecule has 0 saturated heterocycles. The molecular weight excluding hydrogens is 398 g/mol. The van der Waals surface area contributed by atoms with Crippen molar-refractivity contribution in [3.63, 3.8) is 0 Å². The van der Waals surface area contributed by atoms with Gasteiger partial charge in [0.2, 0.25) is 17.7 Å². The predicted octanol–water partition coefficient (Wildman–Crippen LogP) is 1.58. The zero-order chi connectivity index (χ0) is 22.4. The molecule has 0 radical (unpaired) electrons. The van der Waals surface area contributed by atoms with Gasteiger partial charge in [0.25, 0.3) is 0 Å². The maximum atomic E-state index is 10.6. The number of rotatable bonds is 3. The Labute approximate surface area is 177 Å². The second kappa shape index (κ2) is 7.16. The number of benzene rings is 1. The number of fused-ring (bicyclic) bond motifs is 1. The van der Waals surface area contributed by atoms with E-state index in [2.05, 4.69) is 37.0 Å². The van der Waals surface area contributed by atoms with Crippen LogP contribution in [0.5, 0.6) is 0 Å². The Balaban J connectivity index is 1.84. The zero-order valence-electron chi connectivity index (χ0n) is 17.5. The van der Waals surface area contributed by atoms with Gasteiger partial charge in [-0.1, -0.05) is 17.0 Å². The number of hydrogen-bond acceptors (Lipinski definition) is 9. The molecule has 31 heavy (non-hydrogen) atoms. The highest BCUT2D eigenvalue weighted by molar-refractivity contribution is 5.85. The Morgan fingerprint density at radius 2 is 1.90 bits per heavy atom. The quantitative estimate of drug-likeness (QED) is 0.421. The number of aliphatic hydroxyl groups is 2. The lowest BCUT2D eigenvalue weighted by Gasteiger charge is -2.14. The van der Waals surface area contributed by atoms with Crippen LogP contribution in [0.1, 0.15) is 43.7 Å². The molecule has 0 unspecified atom stereocenters. The molecule has 0 spiro atoms. The number of nitrogens with two attached hydrogens (primary N) is 1. The fourth-order valence-corrected chi connectivity index (χ4v) is 3.05. The summed E-state index contributed by atoms with van der Waals surface area (Å²) in [6, 6.07) is 7.05. The number of aromatic nitrogens is 6. The van der Waals surface area contributed by atoms with Crippen LogP contribution in [0.15, 0.2) is 35.0 Å². The summed E-state index contributed by atoms with van der Waals surface area (Å²) in [7, 11) is 0. The van der Waals surface area contributed by atoms with Crippen molar-refractivity contribution in [2.24, 2.45) is 0 Å². The average molecular weight is 419 g/mol. The lowest BCUT2D eigenvalue weighted by molar-refractivity contribution is 0.0749. The normalized spacial score (nSPS) is 13.6. The largest absolute Gasteiger partial charge is 0.384 e. The van der Waals surface area contributed by atoms with Gasteiger partial charge < -0.3 is 20.5 Å². The number of aryl methyl sites for hydroxylation is 1. The van der Waals surface area contributed by atoms with Crippen LogP contribution in [-0.4, -0.2) is 40.1 Å². The van der Waals surface area contributed by atoms with Gasteiger partial charge in [0.1, 0.15) is 11.3 Å². The minimum atomic E-state index is -1.59. The summed E-state index contributed by atoms with van der Waals surface area (Å²) in [6.07, 6.45) is 1.53. The molecule has 1 atom stereocenters. The van der Waals surface area contributed by atoms with Crippen molar-refractivity contribution in [3.8, 4) is 17.7 Å². The Bertz CT molecular complexity index is 1340. The Morgan fingerprint density at radius 1 is 1.13 bits per heavy atom. The predicted molar refractivity (Wildman–Crippen MR) is 112 cm³/mol. The van der Waals surface area contributed by atoms with Crippen molar-refractivity contribution in [1.82, 2.24) is 29.9 Å². The minimum Gasteiger partial charge on any atom is -0.384 e. The van der Waals surface area contributed by atoms with Gasteiger partial charge in [-0.05, 0) is 39.0 Å². The maximum Gasteiger partial charge on any atom is 0.223 e. The molecule has 0 fully saturated rings. The zero-order valence-corrected chi connectivity index (χ0v) is 17.5. The molecule has 1 aromatic carbocycles. The number of anilines is 1. The van der Waals surface area contributed by atoms with Crippen LogP contribution in [-0.2, 0) is 11.2 Å². The smallest absolute Gasteiger partial charge is 0.223 e. The topological polar surface area (TPSA) is 149 Å². The van der Waals surface area contributed by atoms with E-state index in [1.807, 2.05) is 6.07 Å². The van der Waals surface area contributed by atoms with Crippen LogP contribution in [0.3, 0.4) is 0 Å². The fourth-order valence-electron chi connectivity index (χ4n) is 3.05. The van der Waals surface area contributed by atoms with Crippen LogP contribution < -0.4 is 5.73 Å². The molecule has 0 bridgehead atoms. The van der Waals surface area contributed by atoms with E-state index in [0.717, 1.165) is 5.39 Å². The second-order valence-corrected chi connectivity index (χ2v) is 7.78. The van der Waals surface area contributed by atoms with Gasteiger partial charge >= 0.3 is 0 Å². The van der Waals surface area contributed by atoms with E-state index in [0.29, 0.717) is 28.5 Å². The third kappa shape index (κ3) is 3.96. The number of nitrogen functional groups attached to an aromatic ring is 1. The summed E-state index contributed by atoms with van der Waals surface area (Å²) in [5.41, 5.74) is 4.71. The van der Waals surface area contributed by atoms with Gasteiger partial charge in [0.05, 0.1) is 5.52 Å². The second-order valence-electron chi connectivity index (χ2n) is 7.78. The van der Waals surface area contributed by atoms with Crippen molar-refractivity contribution in [2.45, 2.75) is 38.9 Å². The third-order valence-electron chi connectivity index (χ3n) is 4.55. The van der Waals surface area contributed by atoms with Gasteiger partial charge in [0.15, 0.2) is 11.4 Å². The minimum absolute atomic E-state index is 0.0874. The molecule has 0 saturated carbocycles. The van der Waals surface area contributed by atoms with Gasteiger partial charge in [-0.2, -0.15) is 15.1 Å². The molecular formula is C21H21N7O3. The van der Waals surface area contributed by atoms with E-state index in [1.165, 1.54) is 13.1 Å². The van der Waals surface area contributed by atoms with Crippen molar-refractivity contribution in [2.75, 3.05) is 5.73 Å². The van der Waals surface area contributed by atoms with Gasteiger partial charge in [-0.3, -0.25) is 0 Å². The first-order chi connectivity index (χ1) is 14.5. The van der Waals surface area contributed by atoms with Crippen LogP contribution in [0.2, 0.25) is 0 Å². The maximum absolute atomic E-state index is 10.6. The standard InChI is InChI=1S/C21H21N7O3/c1-12-24-18(27-31-12)21(4,30)9-7-13-5-6-14-15(11-13)28(26-17(14)20(2,3)29)16-8-10-23-19(22)25-16/h5-6,8,10-11,29-30H,1-4H3,(H2,22,23,25)/t21-/m1/s1. The molecule has 0 amide bonds. The monoisotopic (exact) mass is 419 g/mol. The summed E-state index contributed by atoms with van der Waals surface area (Å²) >= 11 is 0. The molecule has 4 rings (SSSR count). The van der Waals surface area contributed by atoms with Gasteiger partial charge in [0, 0.05) is 30.1 Å². The first-order valence-electron chi connectivity index (χ1n) is 9.45. The van der Waals surface area contributed by atoms with Crippen LogP contribution >= 0.6 is 0 Å². The molecule has 0 aliphatic rings. The Hall–Kier alpha value is -3.81. The molecule has 10 heteroatoms. The van der Waals surface area contributed by atoms with Crippen molar-refractivity contribution in [3.05, 3.63) is 53.4 Å². The van der Waals surface area contributed by atoms with Gasteiger partial charge in [-0.15, -0.1) is 0 Å². The first-order valence-corrected chi connectivity index (χ1v) is 9.45. The van der Waals surface area contributed by atoms with Crippen molar-refractivity contribution in [1.29, 1.82) is 0 Å². The van der Waals surface area contributed by atoms with E-state index in [1.54, 1.807) is 43.7 Å². The Morgan fingerprint density at radius 3 is 2.55 bits per heavy atom. The lowest BCUT2D eigenvalue weighted by Crippen LogP contribution is -2.20. The summed E-state index contributed by atoms with van der Waals surface area (Å²) in [4.78, 5) is 12.2. The van der Waals surface area contributed by atoms with E-state index < -0.39 is 11.2 Å². The molecule has 4 aromatic rings. The highest BCUT2D eigenvalue weighted by Crippen LogP contribution is 2.30. The van der Waals surface area contributed by atoms with Gasteiger partial charge in [-0.25, -0.2) is 9.67 Å². The molecule has 0 aliphatic carbocycles. The molecule has 3 aromatic heterocycles. The highest BCUT2D eigenvalue weighted by Gasteiger charge is 2.27. The third-order valence-corrected chi connectivity index (χ3v) is 4.55. The van der Waals surface area contributed by atoms with E-state index >= 15 is 0 Å². The molecule has 4 N–H and O–H groups in total. The molecule has 3 heterocycles. The van der Waals surface area contributed by atoms with E-state index in [4.69, 9.17) is 10.3 Å². The highest BCUT2D eigenvalue weighted by atomic mass is 16.5. The van der Waals surface area contributed by atoms with E-state index in [-0.39, 0.29) is 11.8 Å². The van der Waals surface area contributed by atoms with Crippen molar-refractivity contribution < 1.29 is 14.7 Å². The fraction of sp³-hybridized carbons (Fsp3) is 0.286. The summed E-state index contributed by atoms with van der Waals surface area (Å²) in [6.45, 7) is 6.44. The summed E-state index contributed by atoms with van der Waals surface area (Å²) in [5.74, 6) is 6.69. The Kier molecular flexibility index (Phi) is 4.72. The number of hydrogen-bond donors (Lipinski definition) is 3. The lowest BCUT2D eigenvalue weighted by atomic mass is 10.0. The SMILES string of the molecule is Cc1nc([C@](C)(O)C#Cc2ccc3c(C(C)(C)O)nn(-c4ccnc(N)n4)c3c2)no1. The first kappa shape index (κ1) is 20.5. The van der Waals surface area contributed by atoms with Crippen LogP contribution in [0, 0.1) is 18.8 Å². The average Bonchev–Trinajstić information content (AvgIpc) is 3.30. The summed E-state index contributed by atoms with van der Waals surface area (Å²) in [5, 5.41) is 30.2. The molecule has 0 aliphatic heterocycles. The summed E-state index contributed by atoms with van der Waals surface area (Å²) < 4.78 is 6.50.